The second-order valence-corrected chi connectivity index (χ2v) is 9.60. The number of thioether (sulfide) groups is 1. The number of amides is 1. The first-order valence-electron chi connectivity index (χ1n) is 12.0. The Hall–Kier alpha value is -4.07. The standard InChI is InChI=1S/C30H24ClN3O3S/c1-2-36-26-18-21(15-16-25(26)37-20-22-10-6-7-13-24(22)31)19-27-29(35)34(23-11-4-3-5-12-23)30(38-27)33-28-14-8-9-17-32-28/h3-19H,2,20H2,1H3/b27-19-,33-30+. The summed E-state index contributed by atoms with van der Waals surface area (Å²) in [7, 11) is 0. The lowest BCUT2D eigenvalue weighted by Gasteiger charge is -2.15. The number of ether oxygens (including phenoxy) is 2. The lowest BCUT2D eigenvalue weighted by molar-refractivity contribution is -0.113. The number of benzene rings is 3. The van der Waals surface area contributed by atoms with Crippen LogP contribution in [0.5, 0.6) is 11.5 Å². The van der Waals surface area contributed by atoms with Crippen molar-refractivity contribution in [2.75, 3.05) is 11.5 Å². The van der Waals surface area contributed by atoms with Gasteiger partial charge in [0.1, 0.15) is 6.61 Å². The molecule has 8 heteroatoms. The molecule has 1 fully saturated rings. The van der Waals surface area contributed by atoms with Gasteiger partial charge in [-0.3, -0.25) is 9.69 Å². The average molecular weight is 542 g/mol. The van der Waals surface area contributed by atoms with Gasteiger partial charge >= 0.3 is 0 Å². The van der Waals surface area contributed by atoms with Crippen molar-refractivity contribution in [1.82, 2.24) is 4.98 Å². The van der Waals surface area contributed by atoms with E-state index in [1.165, 1.54) is 11.8 Å². The van der Waals surface area contributed by atoms with Crippen LogP contribution < -0.4 is 14.4 Å². The van der Waals surface area contributed by atoms with Crippen molar-refractivity contribution in [2.45, 2.75) is 13.5 Å². The number of anilines is 1. The molecule has 1 saturated heterocycles. The van der Waals surface area contributed by atoms with E-state index in [0.29, 0.717) is 45.6 Å². The zero-order chi connectivity index (χ0) is 26.3. The maximum atomic E-state index is 13.5. The van der Waals surface area contributed by atoms with Crippen molar-refractivity contribution in [3.63, 3.8) is 0 Å². The van der Waals surface area contributed by atoms with Crippen LogP contribution in [0.15, 0.2) is 107 Å². The predicted octanol–water partition coefficient (Wildman–Crippen LogP) is 7.52. The van der Waals surface area contributed by atoms with Crippen molar-refractivity contribution in [3.05, 3.63) is 118 Å². The molecule has 0 spiro atoms. The summed E-state index contributed by atoms with van der Waals surface area (Å²) in [4.78, 5) is 24.6. The summed E-state index contributed by atoms with van der Waals surface area (Å²) in [6, 6.07) is 28.1. The molecule has 3 aromatic carbocycles. The Morgan fingerprint density at radius 3 is 2.50 bits per heavy atom. The van der Waals surface area contributed by atoms with Crippen LogP contribution in [0.25, 0.3) is 6.08 Å². The Morgan fingerprint density at radius 1 is 0.947 bits per heavy atom. The lowest BCUT2D eigenvalue weighted by Crippen LogP contribution is -2.28. The minimum Gasteiger partial charge on any atom is -0.490 e. The van der Waals surface area contributed by atoms with Gasteiger partial charge in [0.05, 0.1) is 17.2 Å². The molecule has 0 bridgehead atoms. The first kappa shape index (κ1) is 25.6. The second kappa shape index (κ2) is 12.0. The number of para-hydroxylation sites is 1. The van der Waals surface area contributed by atoms with Gasteiger partial charge in [-0.05, 0) is 72.8 Å². The van der Waals surface area contributed by atoms with Crippen LogP contribution in [0.3, 0.4) is 0 Å². The van der Waals surface area contributed by atoms with Crippen molar-refractivity contribution in [1.29, 1.82) is 0 Å². The van der Waals surface area contributed by atoms with Gasteiger partial charge in [0.15, 0.2) is 22.5 Å². The quantitative estimate of drug-likeness (QED) is 0.216. The van der Waals surface area contributed by atoms with E-state index in [-0.39, 0.29) is 5.91 Å². The van der Waals surface area contributed by atoms with E-state index in [2.05, 4.69) is 9.98 Å². The molecule has 0 unspecified atom stereocenters. The molecule has 0 N–H and O–H groups in total. The molecule has 6 nitrogen and oxygen atoms in total. The third kappa shape index (κ3) is 5.90. The van der Waals surface area contributed by atoms with E-state index < -0.39 is 0 Å². The maximum Gasteiger partial charge on any atom is 0.271 e. The summed E-state index contributed by atoms with van der Waals surface area (Å²) in [5.41, 5.74) is 2.43. The number of carbonyl (C=O) groups excluding carboxylic acids is 1. The molecule has 5 rings (SSSR count). The zero-order valence-corrected chi connectivity index (χ0v) is 22.2. The van der Waals surface area contributed by atoms with Gasteiger partial charge in [-0.1, -0.05) is 60.1 Å². The van der Waals surface area contributed by atoms with Crippen molar-refractivity contribution in [3.8, 4) is 11.5 Å². The molecular formula is C30H24ClN3O3S. The molecule has 0 aliphatic carbocycles. The first-order chi connectivity index (χ1) is 18.6. The number of rotatable bonds is 8. The molecule has 2 heterocycles. The number of aliphatic imine (C=N–C) groups is 1. The van der Waals surface area contributed by atoms with Crippen LogP contribution in [-0.4, -0.2) is 22.7 Å². The van der Waals surface area contributed by atoms with Gasteiger partial charge in [0.2, 0.25) is 0 Å². The largest absolute Gasteiger partial charge is 0.490 e. The number of hydrogen-bond donors (Lipinski definition) is 0. The summed E-state index contributed by atoms with van der Waals surface area (Å²) in [5, 5.41) is 1.19. The van der Waals surface area contributed by atoms with Gasteiger partial charge in [-0.2, -0.15) is 0 Å². The van der Waals surface area contributed by atoms with E-state index in [1.807, 2.05) is 97.9 Å². The minimum absolute atomic E-state index is 0.159. The number of amidine groups is 1. The van der Waals surface area contributed by atoms with Crippen LogP contribution in [-0.2, 0) is 11.4 Å². The highest BCUT2D eigenvalue weighted by molar-refractivity contribution is 8.19. The maximum absolute atomic E-state index is 13.5. The summed E-state index contributed by atoms with van der Waals surface area (Å²) in [5.74, 6) is 1.56. The smallest absolute Gasteiger partial charge is 0.271 e. The highest BCUT2D eigenvalue weighted by Gasteiger charge is 2.34. The predicted molar refractivity (Wildman–Crippen MR) is 154 cm³/mol. The fourth-order valence-electron chi connectivity index (χ4n) is 3.80. The highest BCUT2D eigenvalue weighted by Crippen LogP contribution is 2.38. The summed E-state index contributed by atoms with van der Waals surface area (Å²) in [6.45, 7) is 2.70. The number of carbonyl (C=O) groups is 1. The number of hydrogen-bond acceptors (Lipinski definition) is 6. The molecule has 1 aromatic heterocycles. The summed E-state index contributed by atoms with van der Waals surface area (Å²) < 4.78 is 11.9. The molecule has 0 atom stereocenters. The van der Waals surface area contributed by atoms with Crippen LogP contribution in [0.1, 0.15) is 18.1 Å². The van der Waals surface area contributed by atoms with Crippen molar-refractivity contribution in [2.24, 2.45) is 4.99 Å². The van der Waals surface area contributed by atoms with Crippen LogP contribution in [0, 0.1) is 0 Å². The van der Waals surface area contributed by atoms with E-state index in [4.69, 9.17) is 21.1 Å². The second-order valence-electron chi connectivity index (χ2n) is 8.19. The molecule has 0 radical (unpaired) electrons. The average Bonchev–Trinajstić information content (AvgIpc) is 3.24. The molecule has 1 amide bonds. The Balaban J connectivity index is 1.44. The van der Waals surface area contributed by atoms with E-state index in [1.54, 1.807) is 17.2 Å². The van der Waals surface area contributed by atoms with Crippen LogP contribution >= 0.6 is 23.4 Å². The molecule has 190 valence electrons. The molecule has 1 aliphatic heterocycles. The van der Waals surface area contributed by atoms with E-state index in [9.17, 15) is 4.79 Å². The highest BCUT2D eigenvalue weighted by atomic mass is 35.5. The summed E-state index contributed by atoms with van der Waals surface area (Å²) >= 11 is 7.58. The Kier molecular flexibility index (Phi) is 8.06. The molecule has 0 saturated carbocycles. The van der Waals surface area contributed by atoms with Gasteiger partial charge in [0.25, 0.3) is 5.91 Å². The van der Waals surface area contributed by atoms with Gasteiger partial charge in [0, 0.05) is 16.8 Å². The van der Waals surface area contributed by atoms with E-state index >= 15 is 0 Å². The summed E-state index contributed by atoms with van der Waals surface area (Å²) in [6.07, 6.45) is 3.51. The lowest BCUT2D eigenvalue weighted by atomic mass is 10.1. The zero-order valence-electron chi connectivity index (χ0n) is 20.6. The fraction of sp³-hybridized carbons (Fsp3) is 0.100. The van der Waals surface area contributed by atoms with Crippen LogP contribution in [0.4, 0.5) is 11.5 Å². The van der Waals surface area contributed by atoms with Crippen molar-refractivity contribution < 1.29 is 14.3 Å². The fourth-order valence-corrected chi connectivity index (χ4v) is 4.98. The van der Waals surface area contributed by atoms with Gasteiger partial charge < -0.3 is 9.47 Å². The first-order valence-corrected chi connectivity index (χ1v) is 13.2. The Morgan fingerprint density at radius 2 is 1.74 bits per heavy atom. The van der Waals surface area contributed by atoms with E-state index in [0.717, 1.165) is 16.8 Å². The Labute approximate surface area is 230 Å². The normalized spacial score (nSPS) is 15.3. The molecule has 38 heavy (non-hydrogen) atoms. The van der Waals surface area contributed by atoms with Gasteiger partial charge in [-0.15, -0.1) is 0 Å². The SMILES string of the molecule is CCOc1cc(/C=C2\S/C(=N/c3ccccn3)N(c3ccccc3)C2=O)ccc1OCc1ccccc1Cl. The van der Waals surface area contributed by atoms with Crippen molar-refractivity contribution >= 4 is 52.0 Å². The third-order valence-electron chi connectivity index (χ3n) is 5.59. The number of halogens is 1. The monoisotopic (exact) mass is 541 g/mol. The Bertz CT molecular complexity index is 1490. The number of aromatic nitrogens is 1. The van der Waals surface area contributed by atoms with Crippen LogP contribution in [0.2, 0.25) is 5.02 Å². The third-order valence-corrected chi connectivity index (χ3v) is 6.92. The molecule has 4 aromatic rings. The number of nitrogens with zero attached hydrogens (tertiary/aromatic N) is 3. The number of pyridine rings is 1. The molecular weight excluding hydrogens is 518 g/mol. The topological polar surface area (TPSA) is 64.0 Å². The molecule has 1 aliphatic rings. The minimum atomic E-state index is -0.159. The van der Waals surface area contributed by atoms with Gasteiger partial charge in [-0.25, -0.2) is 9.98 Å².